The minimum Gasteiger partial charge on any atom is -0.398 e. The Labute approximate surface area is 233 Å². The molecule has 37 heavy (non-hydrogen) atoms. The van der Waals surface area contributed by atoms with Crippen LogP contribution in [0.25, 0.3) is 0 Å². The normalized spacial score (nSPS) is 11.2. The lowest BCUT2D eigenvalue weighted by molar-refractivity contribution is 0.257. The molecule has 0 unspecified atom stereocenters. The molecule has 3 N–H and O–H groups in total. The summed E-state index contributed by atoms with van der Waals surface area (Å²) in [7, 11) is 0. The van der Waals surface area contributed by atoms with Gasteiger partial charge in [-0.25, -0.2) is 4.79 Å². The summed E-state index contributed by atoms with van der Waals surface area (Å²) in [5.41, 5.74) is 13.7. The van der Waals surface area contributed by atoms with Crippen LogP contribution in [-0.4, -0.2) is 12.6 Å². The molecule has 0 spiro atoms. The number of urea groups is 1. The molecule has 0 fully saturated rings. The number of carbonyl (C=O) groups is 1. The van der Waals surface area contributed by atoms with Gasteiger partial charge in [0, 0.05) is 21.4 Å². The Kier molecular flexibility index (Phi) is 11.8. The molecule has 2 aromatic rings. The summed E-state index contributed by atoms with van der Waals surface area (Å²) in [4.78, 5) is 15.8. The topological polar surface area (TPSA) is 58.4 Å². The highest BCUT2D eigenvalue weighted by Crippen LogP contribution is 2.35. The molecular formula is C31H41Cl2N3O. The molecule has 0 aliphatic heterocycles. The Morgan fingerprint density at radius 2 is 1.65 bits per heavy atom. The third-order valence-electron chi connectivity index (χ3n) is 6.68. The van der Waals surface area contributed by atoms with Crippen molar-refractivity contribution in [3.8, 4) is 0 Å². The van der Waals surface area contributed by atoms with Gasteiger partial charge < -0.3 is 11.1 Å². The zero-order chi connectivity index (χ0) is 27.7. The van der Waals surface area contributed by atoms with E-state index in [1.807, 2.05) is 32.1 Å². The summed E-state index contributed by atoms with van der Waals surface area (Å²) in [6.07, 6.45) is 6.84. The summed E-state index contributed by atoms with van der Waals surface area (Å²) in [5.74, 6) is 0.393. The number of amides is 2. The van der Waals surface area contributed by atoms with E-state index in [2.05, 4.69) is 51.7 Å². The Bertz CT molecular complexity index is 1130. The quantitative estimate of drug-likeness (QED) is 0.219. The van der Waals surface area contributed by atoms with Crippen molar-refractivity contribution in [3.05, 3.63) is 87.0 Å². The Balaban J connectivity index is 2.64. The van der Waals surface area contributed by atoms with Gasteiger partial charge in [0.25, 0.3) is 0 Å². The van der Waals surface area contributed by atoms with Crippen LogP contribution in [0.2, 0.25) is 5.02 Å². The van der Waals surface area contributed by atoms with Crippen LogP contribution in [0.15, 0.2) is 65.2 Å². The monoisotopic (exact) mass is 541 g/mol. The van der Waals surface area contributed by atoms with Crippen molar-refractivity contribution in [2.75, 3.05) is 22.5 Å². The first-order chi connectivity index (χ1) is 17.6. The molecule has 0 saturated carbocycles. The molecule has 6 heteroatoms. The van der Waals surface area contributed by atoms with Crippen LogP contribution in [0, 0.1) is 0 Å². The van der Waals surface area contributed by atoms with E-state index in [-0.39, 0.29) is 6.03 Å². The highest BCUT2D eigenvalue weighted by molar-refractivity contribution is 6.32. The molecule has 0 saturated heterocycles. The second-order valence-corrected chi connectivity index (χ2v) is 10.3. The van der Waals surface area contributed by atoms with Crippen LogP contribution in [-0.2, 0) is 12.8 Å². The van der Waals surface area contributed by atoms with Crippen LogP contribution in [0.4, 0.5) is 21.9 Å². The number of nitrogens with zero attached hydrogens (tertiary/aromatic N) is 1. The van der Waals surface area contributed by atoms with E-state index >= 15 is 0 Å². The number of hydrogen-bond acceptors (Lipinski definition) is 2. The number of nitrogens with one attached hydrogen (secondary N) is 1. The van der Waals surface area contributed by atoms with Crippen LogP contribution in [0.1, 0.15) is 77.0 Å². The number of nitrogens with two attached hydrogens (primary N) is 1. The molecule has 2 rings (SSSR count). The molecule has 4 nitrogen and oxygen atoms in total. The number of allylic oxidation sites excluding steroid dienone is 3. The van der Waals surface area contributed by atoms with Crippen LogP contribution >= 0.6 is 23.2 Å². The second-order valence-electron chi connectivity index (χ2n) is 9.37. The maximum absolute atomic E-state index is 14.0. The minimum atomic E-state index is -0.245. The number of hydrogen-bond donors (Lipinski definition) is 2. The van der Waals surface area contributed by atoms with Crippen LogP contribution in [0.5, 0.6) is 0 Å². The molecule has 0 radical (unpaired) electrons. The molecule has 200 valence electrons. The number of anilines is 3. The molecule has 0 aromatic heterocycles. The zero-order valence-corrected chi connectivity index (χ0v) is 24.6. The van der Waals surface area contributed by atoms with Gasteiger partial charge in [0.15, 0.2) is 0 Å². The fourth-order valence-electron chi connectivity index (χ4n) is 4.48. The maximum atomic E-state index is 14.0. The first-order valence-corrected chi connectivity index (χ1v) is 13.8. The van der Waals surface area contributed by atoms with E-state index < -0.39 is 0 Å². The minimum absolute atomic E-state index is 0.245. The van der Waals surface area contributed by atoms with Gasteiger partial charge in [-0.2, -0.15) is 0 Å². The van der Waals surface area contributed by atoms with E-state index in [4.69, 9.17) is 28.9 Å². The van der Waals surface area contributed by atoms with Crippen molar-refractivity contribution in [1.29, 1.82) is 0 Å². The van der Waals surface area contributed by atoms with Crippen molar-refractivity contribution >= 4 is 46.3 Å². The predicted octanol–water partition coefficient (Wildman–Crippen LogP) is 9.63. The first kappa shape index (κ1) is 30.5. The summed E-state index contributed by atoms with van der Waals surface area (Å²) in [6.45, 7) is 16.8. The Morgan fingerprint density at radius 3 is 2.14 bits per heavy atom. The van der Waals surface area contributed by atoms with Gasteiger partial charge in [0.05, 0.1) is 12.2 Å². The first-order valence-electron chi connectivity index (χ1n) is 13.1. The zero-order valence-electron chi connectivity index (χ0n) is 23.1. The Hall–Kier alpha value is -2.69. The number of rotatable bonds is 11. The van der Waals surface area contributed by atoms with Gasteiger partial charge in [0.2, 0.25) is 0 Å². The van der Waals surface area contributed by atoms with Crippen LogP contribution < -0.4 is 16.0 Å². The number of carbonyl (C=O) groups excluding carboxylic acids is 1. The predicted molar refractivity (Wildman–Crippen MR) is 163 cm³/mol. The van der Waals surface area contributed by atoms with Gasteiger partial charge in [-0.3, -0.25) is 4.90 Å². The van der Waals surface area contributed by atoms with Crippen molar-refractivity contribution < 1.29 is 4.79 Å². The summed E-state index contributed by atoms with van der Waals surface area (Å²) >= 11 is 12.6. The van der Waals surface area contributed by atoms with Gasteiger partial charge in [-0.15, -0.1) is 0 Å². The van der Waals surface area contributed by atoms with Gasteiger partial charge in [-0.1, -0.05) is 95.1 Å². The highest BCUT2D eigenvalue weighted by atomic mass is 35.5. The van der Waals surface area contributed by atoms with Gasteiger partial charge in [0.1, 0.15) is 0 Å². The van der Waals surface area contributed by atoms with E-state index in [0.717, 1.165) is 35.2 Å². The number of benzene rings is 2. The SMILES string of the molecule is C=C(Cl)/C=C\C(CN(C(=O)Nc1c(CC)c(N)cc(Cl)c1CC)c1ccc(C(C)C)cc1)=C(CC)CC. The molecule has 0 atom stereocenters. The second kappa shape index (κ2) is 14.3. The van der Waals surface area contributed by atoms with E-state index in [9.17, 15) is 4.79 Å². The maximum Gasteiger partial charge on any atom is 0.326 e. The van der Waals surface area contributed by atoms with Crippen molar-refractivity contribution in [3.63, 3.8) is 0 Å². The van der Waals surface area contributed by atoms with Crippen molar-refractivity contribution in [2.45, 2.75) is 73.1 Å². The highest BCUT2D eigenvalue weighted by Gasteiger charge is 2.22. The molecule has 0 aliphatic carbocycles. The lowest BCUT2D eigenvalue weighted by Crippen LogP contribution is -2.37. The van der Waals surface area contributed by atoms with Crippen molar-refractivity contribution in [1.82, 2.24) is 0 Å². The molecule has 2 aromatic carbocycles. The van der Waals surface area contributed by atoms with Gasteiger partial charge in [-0.05, 0) is 78.1 Å². The van der Waals surface area contributed by atoms with Crippen LogP contribution in [0.3, 0.4) is 0 Å². The van der Waals surface area contributed by atoms with E-state index in [1.54, 1.807) is 17.0 Å². The third kappa shape index (κ3) is 7.90. The van der Waals surface area contributed by atoms with Crippen molar-refractivity contribution in [2.24, 2.45) is 0 Å². The average molecular weight is 543 g/mol. The fraction of sp³-hybridized carbons (Fsp3) is 0.387. The molecule has 2 amide bonds. The number of nitrogen functional groups attached to an aromatic ring is 1. The lowest BCUT2D eigenvalue weighted by atomic mass is 10.00. The Morgan fingerprint density at radius 1 is 1.05 bits per heavy atom. The third-order valence-corrected chi connectivity index (χ3v) is 7.14. The lowest BCUT2D eigenvalue weighted by Gasteiger charge is -2.27. The largest absolute Gasteiger partial charge is 0.398 e. The summed E-state index contributed by atoms with van der Waals surface area (Å²) in [5, 5.41) is 4.18. The number of halogens is 2. The molecule has 0 heterocycles. The summed E-state index contributed by atoms with van der Waals surface area (Å²) in [6, 6.07) is 9.69. The molecule has 0 aliphatic rings. The average Bonchev–Trinajstić information content (AvgIpc) is 2.86. The molecule has 0 bridgehead atoms. The smallest absolute Gasteiger partial charge is 0.326 e. The standard InChI is InChI=1S/C31H41Cl2N3O/c1-8-22(9-2)24(13-12-21(7)32)19-36(25-16-14-23(15-17-25)20(5)6)31(37)35-30-26(10-3)28(33)18-29(34)27(30)11-4/h12-18,20H,7-11,19,34H2,1-6H3,(H,35,37)/b13-12-. The molecular weight excluding hydrogens is 501 g/mol. The van der Waals surface area contributed by atoms with Gasteiger partial charge >= 0.3 is 6.03 Å². The fourth-order valence-corrected chi connectivity index (χ4v) is 4.88. The van der Waals surface area contributed by atoms with E-state index in [1.165, 1.54) is 11.1 Å². The summed E-state index contributed by atoms with van der Waals surface area (Å²) < 4.78 is 0. The van der Waals surface area contributed by atoms with E-state index in [0.29, 0.717) is 46.7 Å².